The molecular weight excluding hydrogens is 275 g/mol. The van der Waals surface area contributed by atoms with Crippen LogP contribution in [0.1, 0.15) is 51.0 Å². The summed E-state index contributed by atoms with van der Waals surface area (Å²) in [5, 5.41) is 0.531. The number of halogens is 2. The minimum atomic E-state index is 0.367. The molecule has 4 heteroatoms. The fourth-order valence-electron chi connectivity index (χ4n) is 1.29. The van der Waals surface area contributed by atoms with Crippen molar-refractivity contribution < 1.29 is 0 Å². The van der Waals surface area contributed by atoms with E-state index >= 15 is 0 Å². The van der Waals surface area contributed by atoms with Crippen LogP contribution in [0.25, 0.3) is 0 Å². The van der Waals surface area contributed by atoms with Crippen molar-refractivity contribution in [3.63, 3.8) is 0 Å². The Morgan fingerprint density at radius 2 is 2.00 bits per heavy atom. The molecule has 0 aliphatic rings. The van der Waals surface area contributed by atoms with Gasteiger partial charge in [0.25, 0.3) is 0 Å². The third kappa shape index (κ3) is 3.15. The number of aromatic nitrogens is 2. The first-order valence-electron chi connectivity index (χ1n) is 5.31. The van der Waals surface area contributed by atoms with Gasteiger partial charge in [0.1, 0.15) is 11.0 Å². The molecule has 1 rings (SSSR count). The van der Waals surface area contributed by atoms with E-state index < -0.39 is 0 Å². The summed E-state index contributed by atoms with van der Waals surface area (Å²) in [5.41, 5.74) is 1.02. The van der Waals surface area contributed by atoms with Crippen LogP contribution < -0.4 is 0 Å². The van der Waals surface area contributed by atoms with Crippen LogP contribution in [-0.2, 0) is 6.42 Å². The molecule has 1 heterocycles. The summed E-state index contributed by atoms with van der Waals surface area (Å²) in [4.78, 5) is 8.85. The van der Waals surface area contributed by atoms with E-state index in [4.69, 9.17) is 11.6 Å². The van der Waals surface area contributed by atoms with Gasteiger partial charge in [0, 0.05) is 5.92 Å². The standard InChI is InChI=1S/C11H16BrClN2/c1-4-6-8-9(12)10(13)15-11(14-8)7(3)5-2/h7H,4-6H2,1-3H3. The molecule has 0 bridgehead atoms. The Morgan fingerprint density at radius 3 is 2.53 bits per heavy atom. The van der Waals surface area contributed by atoms with Crippen LogP contribution >= 0.6 is 27.5 Å². The number of nitrogens with zero attached hydrogens (tertiary/aromatic N) is 2. The topological polar surface area (TPSA) is 25.8 Å². The third-order valence-electron chi connectivity index (χ3n) is 2.44. The van der Waals surface area contributed by atoms with Crippen LogP contribution in [0.5, 0.6) is 0 Å². The Labute approximate surface area is 105 Å². The van der Waals surface area contributed by atoms with E-state index in [0.29, 0.717) is 11.1 Å². The lowest BCUT2D eigenvalue weighted by molar-refractivity contribution is 0.666. The summed E-state index contributed by atoms with van der Waals surface area (Å²) in [6, 6.07) is 0. The molecule has 15 heavy (non-hydrogen) atoms. The van der Waals surface area contributed by atoms with Gasteiger partial charge >= 0.3 is 0 Å². The maximum atomic E-state index is 6.06. The fraction of sp³-hybridized carbons (Fsp3) is 0.636. The molecule has 1 aromatic rings. The predicted octanol–water partition coefficient (Wildman–Crippen LogP) is 4.36. The van der Waals surface area contributed by atoms with E-state index in [-0.39, 0.29) is 0 Å². The Kier molecular flexibility index (Phi) is 5.00. The monoisotopic (exact) mass is 290 g/mol. The van der Waals surface area contributed by atoms with Crippen LogP contribution in [0.15, 0.2) is 4.47 Å². The number of hydrogen-bond donors (Lipinski definition) is 0. The van der Waals surface area contributed by atoms with Crippen molar-refractivity contribution in [3.05, 3.63) is 21.1 Å². The zero-order valence-corrected chi connectivity index (χ0v) is 11.7. The Bertz CT molecular complexity index is 342. The van der Waals surface area contributed by atoms with Crippen LogP contribution in [-0.4, -0.2) is 9.97 Å². The highest BCUT2D eigenvalue weighted by molar-refractivity contribution is 9.10. The number of aryl methyl sites for hydroxylation is 1. The Morgan fingerprint density at radius 1 is 1.33 bits per heavy atom. The zero-order valence-electron chi connectivity index (χ0n) is 9.35. The van der Waals surface area contributed by atoms with Crippen LogP contribution in [0.2, 0.25) is 5.15 Å². The molecule has 0 aliphatic heterocycles. The van der Waals surface area contributed by atoms with E-state index in [0.717, 1.165) is 35.3 Å². The van der Waals surface area contributed by atoms with E-state index in [1.807, 2.05) is 0 Å². The van der Waals surface area contributed by atoms with E-state index in [1.54, 1.807) is 0 Å². The van der Waals surface area contributed by atoms with Crippen LogP contribution in [0.3, 0.4) is 0 Å². The number of hydrogen-bond acceptors (Lipinski definition) is 2. The van der Waals surface area contributed by atoms with Gasteiger partial charge in [-0.25, -0.2) is 9.97 Å². The molecule has 0 saturated carbocycles. The SMILES string of the molecule is CCCc1nc(C(C)CC)nc(Cl)c1Br. The highest BCUT2D eigenvalue weighted by Gasteiger charge is 2.13. The molecule has 0 amide bonds. The van der Waals surface area contributed by atoms with Gasteiger partial charge in [0.2, 0.25) is 0 Å². The van der Waals surface area contributed by atoms with E-state index in [9.17, 15) is 0 Å². The van der Waals surface area contributed by atoms with Gasteiger partial charge in [0.15, 0.2) is 0 Å². The summed E-state index contributed by atoms with van der Waals surface area (Å²) in [6.07, 6.45) is 3.03. The van der Waals surface area contributed by atoms with Crippen molar-refractivity contribution >= 4 is 27.5 Å². The molecular formula is C11H16BrClN2. The lowest BCUT2D eigenvalue weighted by Crippen LogP contribution is -2.04. The van der Waals surface area contributed by atoms with Gasteiger partial charge in [-0.2, -0.15) is 0 Å². The van der Waals surface area contributed by atoms with Crippen molar-refractivity contribution in [2.45, 2.75) is 46.0 Å². The quantitative estimate of drug-likeness (QED) is 0.770. The summed E-state index contributed by atoms with van der Waals surface area (Å²) in [6.45, 7) is 6.38. The van der Waals surface area contributed by atoms with Gasteiger partial charge in [0.05, 0.1) is 10.2 Å². The lowest BCUT2D eigenvalue weighted by Gasteiger charge is -2.11. The summed E-state index contributed by atoms with van der Waals surface area (Å²) in [5.74, 6) is 1.22. The molecule has 0 radical (unpaired) electrons. The normalized spacial score (nSPS) is 12.9. The molecule has 1 atom stereocenters. The molecule has 0 aliphatic carbocycles. The lowest BCUT2D eigenvalue weighted by atomic mass is 10.1. The molecule has 0 aromatic carbocycles. The van der Waals surface area contributed by atoms with Crippen LogP contribution in [0, 0.1) is 0 Å². The first-order chi connectivity index (χ1) is 7.10. The van der Waals surface area contributed by atoms with Crippen molar-refractivity contribution in [2.24, 2.45) is 0 Å². The molecule has 1 unspecified atom stereocenters. The highest BCUT2D eigenvalue weighted by atomic mass is 79.9. The smallest absolute Gasteiger partial charge is 0.147 e. The second-order valence-electron chi connectivity index (χ2n) is 3.69. The Balaban J connectivity index is 3.11. The van der Waals surface area contributed by atoms with Crippen molar-refractivity contribution in [1.29, 1.82) is 0 Å². The average molecular weight is 292 g/mol. The fourth-order valence-corrected chi connectivity index (χ4v) is 1.86. The van der Waals surface area contributed by atoms with Crippen molar-refractivity contribution in [2.75, 3.05) is 0 Å². The highest BCUT2D eigenvalue weighted by Crippen LogP contribution is 2.27. The maximum Gasteiger partial charge on any atom is 0.147 e. The largest absolute Gasteiger partial charge is 0.236 e. The average Bonchev–Trinajstić information content (AvgIpc) is 2.23. The molecule has 0 saturated heterocycles. The molecule has 84 valence electrons. The van der Waals surface area contributed by atoms with Gasteiger partial charge < -0.3 is 0 Å². The summed E-state index contributed by atoms with van der Waals surface area (Å²) < 4.78 is 0.845. The zero-order chi connectivity index (χ0) is 11.4. The maximum absolute atomic E-state index is 6.06. The minimum Gasteiger partial charge on any atom is -0.236 e. The second-order valence-corrected chi connectivity index (χ2v) is 4.84. The first-order valence-corrected chi connectivity index (χ1v) is 6.49. The first kappa shape index (κ1) is 12.9. The van der Waals surface area contributed by atoms with Gasteiger partial charge in [-0.05, 0) is 28.8 Å². The van der Waals surface area contributed by atoms with Gasteiger partial charge in [-0.15, -0.1) is 0 Å². The molecule has 0 fully saturated rings. The van der Waals surface area contributed by atoms with E-state index in [2.05, 4.69) is 46.7 Å². The van der Waals surface area contributed by atoms with Crippen molar-refractivity contribution in [3.8, 4) is 0 Å². The van der Waals surface area contributed by atoms with Crippen molar-refractivity contribution in [1.82, 2.24) is 9.97 Å². The van der Waals surface area contributed by atoms with Crippen LogP contribution in [0.4, 0.5) is 0 Å². The third-order valence-corrected chi connectivity index (χ3v) is 3.77. The second kappa shape index (κ2) is 5.80. The summed E-state index contributed by atoms with van der Waals surface area (Å²) >= 11 is 9.49. The molecule has 1 aromatic heterocycles. The Hall–Kier alpha value is -0.150. The molecule has 0 spiro atoms. The summed E-state index contributed by atoms with van der Waals surface area (Å²) in [7, 11) is 0. The number of rotatable bonds is 4. The molecule has 0 N–H and O–H groups in total. The van der Waals surface area contributed by atoms with Gasteiger partial charge in [-0.3, -0.25) is 0 Å². The minimum absolute atomic E-state index is 0.367. The molecule has 2 nitrogen and oxygen atoms in total. The van der Waals surface area contributed by atoms with E-state index in [1.165, 1.54) is 0 Å². The van der Waals surface area contributed by atoms with Gasteiger partial charge in [-0.1, -0.05) is 38.8 Å². The predicted molar refractivity (Wildman–Crippen MR) is 67.4 cm³/mol.